The summed E-state index contributed by atoms with van der Waals surface area (Å²) >= 11 is 0. The number of carbonyl (C=O) groups excluding carboxylic acids is 3. The van der Waals surface area contributed by atoms with E-state index in [1.807, 2.05) is 27.7 Å². The normalized spacial score (nSPS) is 3.09. The Balaban J connectivity index is -0.00000000385. The van der Waals surface area contributed by atoms with Gasteiger partial charge < -0.3 is 77.4 Å². The quantitative estimate of drug-likeness (QED) is 0.126. The van der Waals surface area contributed by atoms with Crippen molar-refractivity contribution in [1.82, 2.24) is 18.5 Å². The Hall–Kier alpha value is 0.191. The zero-order valence-electron chi connectivity index (χ0n) is 16.8. The van der Waals surface area contributed by atoms with Gasteiger partial charge in [-0.2, -0.15) is 24.6 Å². The van der Waals surface area contributed by atoms with Crippen LogP contribution in [-0.2, 0) is 29.2 Å². The van der Waals surface area contributed by atoms with Gasteiger partial charge in [-0.25, -0.2) is 4.89 Å². The summed E-state index contributed by atoms with van der Waals surface area (Å²) in [7, 11) is 0. The Morgan fingerprint density at radius 1 is 0.559 bits per heavy atom. The molecule has 0 rings (SSSR count). The van der Waals surface area contributed by atoms with Gasteiger partial charge in [-0.15, -0.1) is 0 Å². The molecule has 0 heterocycles. The fourth-order valence-electron chi connectivity index (χ4n) is 0.148. The van der Waals surface area contributed by atoms with Crippen LogP contribution in [0.5, 0.6) is 0 Å². The zero-order chi connectivity index (χ0) is 13.4. The molecule has 0 aromatic heterocycles. The van der Waals surface area contributed by atoms with Crippen LogP contribution < -0.4 is 18.5 Å². The third-order valence-electron chi connectivity index (χ3n) is 0.396. The van der Waals surface area contributed by atoms with E-state index in [1.165, 1.54) is 0 Å². The van der Waals surface area contributed by atoms with Gasteiger partial charge in [-0.05, 0) is 6.47 Å². The molecule has 23 heteroatoms. The summed E-state index contributed by atoms with van der Waals surface area (Å²) in [6.07, 6.45) is -3.37. The topological polar surface area (TPSA) is 506 Å². The predicted octanol–water partition coefficient (Wildman–Crippen LogP) is -2.66. The molecule has 0 fully saturated rings. The van der Waals surface area contributed by atoms with Crippen LogP contribution in [0.1, 0.15) is 57.4 Å². The molecule has 28 N–H and O–H groups in total. The van der Waals surface area contributed by atoms with Crippen molar-refractivity contribution in [2.75, 3.05) is 0 Å². The third-order valence-corrected chi connectivity index (χ3v) is 0.396. The van der Waals surface area contributed by atoms with Crippen LogP contribution in [-0.4, -0.2) is 73.3 Å². The first kappa shape index (κ1) is 216. The molecule has 0 aliphatic carbocycles. The van der Waals surface area contributed by atoms with Crippen molar-refractivity contribution in [2.45, 2.75) is 57.4 Å². The minimum Gasteiger partial charge on any atom is -0.494 e. The molecule has 0 aromatic carbocycles. The van der Waals surface area contributed by atoms with Crippen LogP contribution in [0.2, 0.25) is 0 Å². The number of hydrogen-bond donors (Lipinski definition) is 4. The van der Waals surface area contributed by atoms with Crippen molar-refractivity contribution >= 4 is 18.8 Å². The minimum absolute atomic E-state index is 0. The zero-order valence-corrected chi connectivity index (χ0v) is 23.3. The Morgan fingerprint density at radius 2 is 0.765 bits per heavy atom. The van der Waals surface area contributed by atoms with E-state index in [4.69, 9.17) is 5.26 Å². The molecule has 0 saturated carbocycles. The standard InChI is InChI=1S/C3HO9.2C2H6.4CH4.3H3N.2Nd.9H2O/c4-1-8-10-3(6)12-11-2(5)9-7;2*1-2;;;;;;;;;;;;;;;;;;/h7H;2*1-2H3;4*1H4;3*1H3;;;9*1H2/q-1;;;;;;;;;;;;;;;;;;;;. The third kappa shape index (κ3) is 250. The molecule has 34 heavy (non-hydrogen) atoms. The van der Waals surface area contributed by atoms with Gasteiger partial charge in [-0.3, -0.25) is 4.89 Å². The maximum Gasteiger partial charge on any atom is 0.589 e. The van der Waals surface area contributed by atoms with Crippen LogP contribution >= 0.6 is 0 Å². The Bertz CT molecular complexity index is 216. The minimum atomic E-state index is -1.71. The smallest absolute Gasteiger partial charge is 0.494 e. The fraction of sp³-hybridized carbons (Fsp3) is 0.727. The second-order valence-corrected chi connectivity index (χ2v) is 1.01. The van der Waals surface area contributed by atoms with Crippen LogP contribution in [0, 0.1) is 81.7 Å². The molecule has 232 valence electrons. The van der Waals surface area contributed by atoms with Gasteiger partial charge in [0.15, 0.2) is 0 Å². The Morgan fingerprint density at radius 3 is 0.941 bits per heavy atom. The first-order valence-corrected chi connectivity index (χ1v) is 4.15. The van der Waals surface area contributed by atoms with E-state index in [-0.39, 0.29) is 179 Å². The van der Waals surface area contributed by atoms with Gasteiger partial charge in [0.05, 0.1) is 0 Å². The van der Waals surface area contributed by atoms with Crippen molar-refractivity contribution in [3.63, 3.8) is 0 Å². The summed E-state index contributed by atoms with van der Waals surface area (Å²) in [5.41, 5.74) is 0. The molecule has 0 atom stereocenters. The molecule has 0 bridgehead atoms. The van der Waals surface area contributed by atoms with Crippen molar-refractivity contribution in [2.24, 2.45) is 0 Å². The fourth-order valence-corrected chi connectivity index (χ4v) is 0.148. The maximum absolute atomic E-state index is 10.1. The summed E-state index contributed by atoms with van der Waals surface area (Å²) in [6, 6.07) is 0. The molecular weight excluding hydrogens is 751 g/mol. The van der Waals surface area contributed by atoms with E-state index in [2.05, 4.69) is 24.4 Å². The average molecular weight is 807 g/mol. The molecule has 0 saturated heterocycles. The summed E-state index contributed by atoms with van der Waals surface area (Å²) in [5, 5.41) is 7.52. The number of carbonyl (C=O) groups is 2. The van der Waals surface area contributed by atoms with Crippen molar-refractivity contribution in [1.29, 1.82) is 0 Å². The van der Waals surface area contributed by atoms with E-state index in [1.54, 1.807) is 0 Å². The second kappa shape index (κ2) is 231. The Labute approximate surface area is 267 Å². The largest absolute Gasteiger partial charge is 0.589 e. The molecular formula is C11H56N3Nd2O18-. The summed E-state index contributed by atoms with van der Waals surface area (Å²) < 4.78 is 0. The van der Waals surface area contributed by atoms with Crippen molar-refractivity contribution < 1.29 is 175 Å². The molecule has 0 amide bonds. The van der Waals surface area contributed by atoms with E-state index < -0.39 is 12.3 Å². The van der Waals surface area contributed by atoms with Gasteiger partial charge in [0, 0.05) is 81.7 Å². The van der Waals surface area contributed by atoms with Gasteiger partial charge in [-0.1, -0.05) is 57.4 Å². The number of hydrogen-bond acceptors (Lipinski definition) is 12. The SMILES string of the molecule is C.C.C.C.CC.CC.N.N.N.O.O.O.O.O.O.O.O.O.O=[C-]OOC(=O)OOC(=O)OO.[Nd].[Nd]. The maximum atomic E-state index is 10.1. The predicted molar refractivity (Wildman–Crippen MR) is 122 cm³/mol. The molecule has 0 aromatic rings. The molecule has 0 aliphatic rings. The molecule has 21 nitrogen and oxygen atoms in total. The molecule has 0 spiro atoms. The van der Waals surface area contributed by atoms with E-state index in [9.17, 15) is 14.4 Å². The van der Waals surface area contributed by atoms with E-state index >= 15 is 0 Å². The van der Waals surface area contributed by atoms with Crippen LogP contribution in [0.4, 0.5) is 9.59 Å². The second-order valence-electron chi connectivity index (χ2n) is 1.01. The monoisotopic (exact) mass is 802 g/mol. The molecule has 0 aliphatic heterocycles. The average Bonchev–Trinajstić information content (AvgIpc) is 2.38. The summed E-state index contributed by atoms with van der Waals surface area (Å²) in [4.78, 5) is 45.5. The Kier molecular flexibility index (Phi) is 1470. The van der Waals surface area contributed by atoms with Crippen LogP contribution in [0.25, 0.3) is 0 Å². The van der Waals surface area contributed by atoms with Gasteiger partial charge in [0.1, 0.15) is 0 Å². The van der Waals surface area contributed by atoms with Gasteiger partial charge >= 0.3 is 12.3 Å². The van der Waals surface area contributed by atoms with Crippen LogP contribution in [0.3, 0.4) is 0 Å². The van der Waals surface area contributed by atoms with Gasteiger partial charge in [0.25, 0.3) is 0 Å². The molecule has 0 unspecified atom stereocenters. The molecule has 0 radical (unpaired) electrons. The first-order chi connectivity index (χ1) is 7.70. The van der Waals surface area contributed by atoms with Crippen LogP contribution in [0.15, 0.2) is 0 Å². The van der Waals surface area contributed by atoms with E-state index in [0.717, 1.165) is 0 Å². The number of rotatable bonds is 2. The first-order valence-electron chi connectivity index (χ1n) is 4.15. The van der Waals surface area contributed by atoms with Crippen molar-refractivity contribution in [3.05, 3.63) is 0 Å². The van der Waals surface area contributed by atoms with E-state index in [0.29, 0.717) is 6.47 Å². The summed E-state index contributed by atoms with van der Waals surface area (Å²) in [6.45, 7) is 8.71. The van der Waals surface area contributed by atoms with Gasteiger partial charge in [0.2, 0.25) is 0 Å². The summed E-state index contributed by atoms with van der Waals surface area (Å²) in [5.74, 6) is 0. The van der Waals surface area contributed by atoms with Crippen molar-refractivity contribution in [3.8, 4) is 0 Å².